The van der Waals surface area contributed by atoms with Gasteiger partial charge in [0.1, 0.15) is 23.1 Å². The monoisotopic (exact) mass is 348 g/mol. The van der Waals surface area contributed by atoms with Gasteiger partial charge < -0.3 is 9.84 Å². The quantitative estimate of drug-likeness (QED) is 0.816. The molecule has 0 unspecified atom stereocenters. The standard InChI is InChI=1S/C13H8BrClF2O2/c14-9-4-10(15)11(17)5-13(9)19-12-2-1-8(16)3-7(12)6-18/h1-5,18H,6H2. The first kappa shape index (κ1) is 14.2. The van der Waals surface area contributed by atoms with Crippen molar-refractivity contribution in [2.24, 2.45) is 0 Å². The molecule has 19 heavy (non-hydrogen) atoms. The molecular weight excluding hydrogens is 341 g/mol. The fourth-order valence-corrected chi connectivity index (χ4v) is 2.19. The first-order valence-electron chi connectivity index (χ1n) is 5.23. The number of rotatable bonds is 3. The second kappa shape index (κ2) is 5.86. The van der Waals surface area contributed by atoms with Gasteiger partial charge in [0, 0.05) is 11.6 Å². The molecule has 0 saturated heterocycles. The summed E-state index contributed by atoms with van der Waals surface area (Å²) in [6.45, 7) is -0.388. The lowest BCUT2D eigenvalue weighted by atomic mass is 10.2. The van der Waals surface area contributed by atoms with Crippen molar-refractivity contribution in [3.63, 3.8) is 0 Å². The molecule has 0 atom stereocenters. The van der Waals surface area contributed by atoms with Crippen LogP contribution in [0.5, 0.6) is 11.5 Å². The Kier molecular flexibility index (Phi) is 4.39. The molecular formula is C13H8BrClF2O2. The maximum atomic E-state index is 13.4. The maximum absolute atomic E-state index is 13.4. The normalized spacial score (nSPS) is 10.6. The molecule has 0 aromatic heterocycles. The second-order valence-electron chi connectivity index (χ2n) is 3.71. The Morgan fingerprint density at radius 1 is 1.16 bits per heavy atom. The zero-order chi connectivity index (χ0) is 14.0. The van der Waals surface area contributed by atoms with Crippen molar-refractivity contribution < 1.29 is 18.6 Å². The van der Waals surface area contributed by atoms with E-state index in [-0.39, 0.29) is 28.7 Å². The number of benzene rings is 2. The third-order valence-electron chi connectivity index (χ3n) is 2.39. The predicted octanol–water partition coefficient (Wildman–Crippen LogP) is 4.67. The fourth-order valence-electron chi connectivity index (χ4n) is 1.47. The lowest BCUT2D eigenvalue weighted by Crippen LogP contribution is -1.94. The summed E-state index contributed by atoms with van der Waals surface area (Å²) in [7, 11) is 0. The number of hydrogen-bond donors (Lipinski definition) is 1. The van der Waals surface area contributed by atoms with E-state index in [0.29, 0.717) is 4.47 Å². The van der Waals surface area contributed by atoms with Crippen molar-refractivity contribution in [3.05, 3.63) is 57.0 Å². The smallest absolute Gasteiger partial charge is 0.145 e. The van der Waals surface area contributed by atoms with Crippen LogP contribution in [-0.4, -0.2) is 5.11 Å². The molecule has 1 N–H and O–H groups in total. The van der Waals surface area contributed by atoms with Crippen LogP contribution in [0.25, 0.3) is 0 Å². The van der Waals surface area contributed by atoms with Crippen LogP contribution >= 0.6 is 27.5 Å². The summed E-state index contributed by atoms with van der Waals surface area (Å²) in [6, 6.07) is 6.16. The van der Waals surface area contributed by atoms with Gasteiger partial charge in [0.2, 0.25) is 0 Å². The Morgan fingerprint density at radius 2 is 1.89 bits per heavy atom. The van der Waals surface area contributed by atoms with Gasteiger partial charge in [-0.2, -0.15) is 0 Å². The second-order valence-corrected chi connectivity index (χ2v) is 4.97. The first-order chi connectivity index (χ1) is 9.01. The fraction of sp³-hybridized carbons (Fsp3) is 0.0769. The molecule has 2 aromatic rings. The zero-order valence-electron chi connectivity index (χ0n) is 9.46. The molecule has 0 fully saturated rings. The highest BCUT2D eigenvalue weighted by Crippen LogP contribution is 2.35. The molecule has 2 aromatic carbocycles. The van der Waals surface area contributed by atoms with Gasteiger partial charge in [-0.1, -0.05) is 11.6 Å². The minimum Gasteiger partial charge on any atom is -0.456 e. The summed E-state index contributed by atoms with van der Waals surface area (Å²) < 4.78 is 32.3. The summed E-state index contributed by atoms with van der Waals surface area (Å²) in [4.78, 5) is 0. The van der Waals surface area contributed by atoms with Crippen molar-refractivity contribution >= 4 is 27.5 Å². The average Bonchev–Trinajstić information content (AvgIpc) is 2.37. The molecule has 0 heterocycles. The van der Waals surface area contributed by atoms with E-state index in [0.717, 1.165) is 12.1 Å². The Bertz CT molecular complexity index is 620. The van der Waals surface area contributed by atoms with Crippen molar-refractivity contribution in [2.75, 3.05) is 0 Å². The molecule has 0 spiro atoms. The van der Waals surface area contributed by atoms with Gasteiger partial charge in [-0.15, -0.1) is 0 Å². The Balaban J connectivity index is 2.39. The van der Waals surface area contributed by atoms with Gasteiger partial charge in [0.05, 0.1) is 16.1 Å². The third-order valence-corrected chi connectivity index (χ3v) is 3.30. The van der Waals surface area contributed by atoms with Gasteiger partial charge in [-0.3, -0.25) is 0 Å². The maximum Gasteiger partial charge on any atom is 0.145 e. The molecule has 0 bridgehead atoms. The van der Waals surface area contributed by atoms with E-state index < -0.39 is 11.6 Å². The van der Waals surface area contributed by atoms with E-state index >= 15 is 0 Å². The highest BCUT2D eigenvalue weighted by atomic mass is 79.9. The SMILES string of the molecule is OCc1cc(F)ccc1Oc1cc(F)c(Cl)cc1Br. The number of halogens is 4. The topological polar surface area (TPSA) is 29.5 Å². The van der Waals surface area contributed by atoms with Crippen molar-refractivity contribution in [1.82, 2.24) is 0 Å². The van der Waals surface area contributed by atoms with E-state index in [1.54, 1.807) is 0 Å². The van der Waals surface area contributed by atoms with E-state index in [4.69, 9.17) is 21.4 Å². The van der Waals surface area contributed by atoms with Crippen LogP contribution in [0.4, 0.5) is 8.78 Å². The summed E-state index contributed by atoms with van der Waals surface area (Å²) in [5.41, 5.74) is 0.266. The number of ether oxygens (including phenoxy) is 1. The molecule has 0 aliphatic carbocycles. The van der Waals surface area contributed by atoms with Gasteiger partial charge in [-0.25, -0.2) is 8.78 Å². The van der Waals surface area contributed by atoms with E-state index in [1.807, 2.05) is 0 Å². The van der Waals surface area contributed by atoms with Crippen molar-refractivity contribution in [3.8, 4) is 11.5 Å². The van der Waals surface area contributed by atoms with Gasteiger partial charge in [0.25, 0.3) is 0 Å². The minimum absolute atomic E-state index is 0.0410. The van der Waals surface area contributed by atoms with Crippen LogP contribution < -0.4 is 4.74 Å². The Labute approximate surface area is 121 Å². The van der Waals surface area contributed by atoms with Gasteiger partial charge in [0.15, 0.2) is 0 Å². The van der Waals surface area contributed by atoms with Crippen LogP contribution in [0.1, 0.15) is 5.56 Å². The molecule has 0 radical (unpaired) electrons. The van der Waals surface area contributed by atoms with E-state index in [2.05, 4.69) is 15.9 Å². The highest BCUT2D eigenvalue weighted by molar-refractivity contribution is 9.10. The van der Waals surface area contributed by atoms with Crippen LogP contribution in [0, 0.1) is 11.6 Å². The predicted molar refractivity (Wildman–Crippen MR) is 71.5 cm³/mol. The number of hydrogen-bond acceptors (Lipinski definition) is 2. The highest BCUT2D eigenvalue weighted by Gasteiger charge is 2.11. The van der Waals surface area contributed by atoms with Crippen molar-refractivity contribution in [1.29, 1.82) is 0 Å². The molecule has 2 rings (SSSR count). The summed E-state index contributed by atoms with van der Waals surface area (Å²) in [6.07, 6.45) is 0. The number of aliphatic hydroxyl groups is 1. The van der Waals surface area contributed by atoms with Crippen LogP contribution in [0.15, 0.2) is 34.8 Å². The lowest BCUT2D eigenvalue weighted by molar-refractivity contribution is 0.275. The van der Waals surface area contributed by atoms with Crippen LogP contribution in [0.3, 0.4) is 0 Å². The zero-order valence-corrected chi connectivity index (χ0v) is 11.8. The molecule has 100 valence electrons. The Hall–Kier alpha value is -1.17. The minimum atomic E-state index is -0.632. The lowest BCUT2D eigenvalue weighted by Gasteiger charge is -2.11. The largest absolute Gasteiger partial charge is 0.456 e. The first-order valence-corrected chi connectivity index (χ1v) is 6.40. The third kappa shape index (κ3) is 3.23. The number of aliphatic hydroxyl groups excluding tert-OH is 1. The molecule has 2 nitrogen and oxygen atoms in total. The van der Waals surface area contributed by atoms with Crippen LogP contribution in [0.2, 0.25) is 5.02 Å². The van der Waals surface area contributed by atoms with Crippen molar-refractivity contribution in [2.45, 2.75) is 6.61 Å². The Morgan fingerprint density at radius 3 is 2.58 bits per heavy atom. The molecule has 0 amide bonds. The van der Waals surface area contributed by atoms with Gasteiger partial charge >= 0.3 is 0 Å². The molecule has 6 heteroatoms. The van der Waals surface area contributed by atoms with E-state index in [9.17, 15) is 8.78 Å². The molecule has 0 saturated carbocycles. The summed E-state index contributed by atoms with van der Waals surface area (Å²) >= 11 is 8.81. The van der Waals surface area contributed by atoms with Gasteiger partial charge in [-0.05, 0) is 40.2 Å². The summed E-state index contributed by atoms with van der Waals surface area (Å²) in [5.74, 6) is -0.695. The molecule has 0 aliphatic rings. The average molecular weight is 350 g/mol. The van der Waals surface area contributed by atoms with E-state index in [1.165, 1.54) is 18.2 Å². The molecule has 0 aliphatic heterocycles. The van der Waals surface area contributed by atoms with Crippen LogP contribution in [-0.2, 0) is 6.61 Å². The summed E-state index contributed by atoms with van der Waals surface area (Å²) in [5, 5.41) is 9.09.